The third kappa shape index (κ3) is 3.13. The van der Waals surface area contributed by atoms with Crippen molar-refractivity contribution in [3.05, 3.63) is 68.5 Å². The topological polar surface area (TPSA) is 68.4 Å². The van der Waals surface area contributed by atoms with Crippen LogP contribution in [0.1, 0.15) is 24.4 Å². The smallest absolute Gasteiger partial charge is 0.291 e. The number of halogens is 1. The number of carbonyl (C=O) groups is 1. The number of thiophene rings is 1. The third-order valence-corrected chi connectivity index (χ3v) is 5.66. The molecule has 8 heteroatoms. The van der Waals surface area contributed by atoms with Crippen molar-refractivity contribution < 1.29 is 4.79 Å². The van der Waals surface area contributed by atoms with Crippen LogP contribution >= 0.6 is 22.9 Å². The van der Waals surface area contributed by atoms with Crippen LogP contribution in [0, 0.1) is 6.92 Å². The summed E-state index contributed by atoms with van der Waals surface area (Å²) in [6.07, 6.45) is 0. The second-order valence-electron chi connectivity index (χ2n) is 6.35. The number of benzene rings is 1. The highest BCUT2D eigenvalue weighted by molar-refractivity contribution is 7.17. The van der Waals surface area contributed by atoms with Gasteiger partial charge in [-0.05, 0) is 49.1 Å². The Kier molecular flexibility index (Phi) is 4.49. The molecule has 0 aliphatic carbocycles. The summed E-state index contributed by atoms with van der Waals surface area (Å²) in [6.45, 7) is 3.86. The fraction of sp³-hybridized carbons (Fsp3) is 0.211. The molecule has 3 aromatic heterocycles. The average Bonchev–Trinajstić information content (AvgIpc) is 3.24. The number of nitrogens with one attached hydrogen (secondary N) is 1. The molecular formula is C19H17ClN4O2S. The van der Waals surface area contributed by atoms with Gasteiger partial charge in [0.1, 0.15) is 17.4 Å². The molecule has 0 aliphatic rings. The van der Waals surface area contributed by atoms with E-state index in [1.807, 2.05) is 41.0 Å². The molecule has 1 N–H and O–H groups in total. The van der Waals surface area contributed by atoms with Crippen LogP contribution in [0.5, 0.6) is 0 Å². The van der Waals surface area contributed by atoms with Gasteiger partial charge in [0.25, 0.3) is 5.56 Å². The van der Waals surface area contributed by atoms with Crippen LogP contribution in [0.3, 0.4) is 0 Å². The molecule has 1 amide bonds. The van der Waals surface area contributed by atoms with Crippen LogP contribution in [0.25, 0.3) is 15.7 Å². The van der Waals surface area contributed by atoms with Gasteiger partial charge in [-0.25, -0.2) is 4.68 Å². The van der Waals surface area contributed by atoms with Gasteiger partial charge >= 0.3 is 0 Å². The maximum Gasteiger partial charge on any atom is 0.291 e. The maximum atomic E-state index is 12.9. The molecule has 1 unspecified atom stereocenters. The van der Waals surface area contributed by atoms with E-state index in [1.54, 1.807) is 30.4 Å². The van der Waals surface area contributed by atoms with Crippen molar-refractivity contribution in [2.75, 3.05) is 0 Å². The van der Waals surface area contributed by atoms with Crippen LogP contribution in [0.2, 0.25) is 5.02 Å². The zero-order valence-electron chi connectivity index (χ0n) is 14.8. The molecule has 0 saturated carbocycles. The summed E-state index contributed by atoms with van der Waals surface area (Å²) in [7, 11) is 0. The van der Waals surface area contributed by atoms with Crippen molar-refractivity contribution in [3.8, 4) is 0 Å². The molecule has 6 nitrogen and oxygen atoms in total. The first kappa shape index (κ1) is 17.8. The van der Waals surface area contributed by atoms with Crippen LogP contribution in [0.4, 0.5) is 0 Å². The van der Waals surface area contributed by atoms with Crippen LogP contribution in [0.15, 0.2) is 46.6 Å². The number of hydrogen-bond acceptors (Lipinski definition) is 4. The molecule has 0 radical (unpaired) electrons. The summed E-state index contributed by atoms with van der Waals surface area (Å²) in [5.74, 6) is 0.395. The van der Waals surface area contributed by atoms with Gasteiger partial charge in [-0.15, -0.1) is 11.3 Å². The number of aryl methyl sites for hydroxylation is 1. The van der Waals surface area contributed by atoms with Crippen molar-refractivity contribution in [1.29, 1.82) is 0 Å². The fourth-order valence-corrected chi connectivity index (χ4v) is 4.04. The monoisotopic (exact) mass is 400 g/mol. The van der Waals surface area contributed by atoms with E-state index in [1.165, 1.54) is 4.68 Å². The Morgan fingerprint density at radius 2 is 2.00 bits per heavy atom. The molecule has 1 aromatic carbocycles. The molecule has 0 spiro atoms. The van der Waals surface area contributed by atoms with E-state index < -0.39 is 6.04 Å². The molecule has 4 rings (SSSR count). The van der Waals surface area contributed by atoms with Crippen LogP contribution in [-0.2, 0) is 11.3 Å². The van der Waals surface area contributed by atoms with Crippen molar-refractivity contribution in [1.82, 2.24) is 19.5 Å². The molecule has 0 bridgehead atoms. The van der Waals surface area contributed by atoms with Crippen molar-refractivity contribution >= 4 is 44.6 Å². The standard InChI is InChI=1S/C19H17ClN4O2S/c1-11(18(25)21-10-13-3-5-14(20)6-4-13)24-19(26)16-9-17-15(7-8-27-17)23(16)12(2)22-24/h3-9,11H,10H2,1-2H3,(H,21,25). The van der Waals surface area contributed by atoms with Crippen LogP contribution in [-0.4, -0.2) is 20.1 Å². The number of hydrogen-bond donors (Lipinski definition) is 1. The van der Waals surface area contributed by atoms with Gasteiger partial charge in [0.15, 0.2) is 0 Å². The minimum Gasteiger partial charge on any atom is -0.350 e. The molecule has 0 fully saturated rings. The quantitative estimate of drug-likeness (QED) is 0.569. The summed E-state index contributed by atoms with van der Waals surface area (Å²) in [4.78, 5) is 25.5. The zero-order valence-corrected chi connectivity index (χ0v) is 16.3. The van der Waals surface area contributed by atoms with E-state index in [0.29, 0.717) is 22.9 Å². The van der Waals surface area contributed by atoms with Crippen LogP contribution < -0.4 is 10.9 Å². The molecular weight excluding hydrogens is 384 g/mol. The molecule has 27 heavy (non-hydrogen) atoms. The lowest BCUT2D eigenvalue weighted by molar-refractivity contribution is -0.124. The van der Waals surface area contributed by atoms with Crippen molar-refractivity contribution in [3.63, 3.8) is 0 Å². The van der Waals surface area contributed by atoms with Crippen molar-refractivity contribution in [2.45, 2.75) is 26.4 Å². The zero-order chi connectivity index (χ0) is 19.1. The second-order valence-corrected chi connectivity index (χ2v) is 7.74. The third-order valence-electron chi connectivity index (χ3n) is 4.55. The lowest BCUT2D eigenvalue weighted by atomic mass is 10.2. The first-order chi connectivity index (χ1) is 13.0. The van der Waals surface area contributed by atoms with E-state index in [4.69, 9.17) is 11.6 Å². The van der Waals surface area contributed by atoms with Gasteiger partial charge < -0.3 is 5.32 Å². The number of amides is 1. The summed E-state index contributed by atoms with van der Waals surface area (Å²) >= 11 is 7.44. The highest BCUT2D eigenvalue weighted by Gasteiger charge is 2.21. The largest absolute Gasteiger partial charge is 0.350 e. The van der Waals surface area contributed by atoms with Gasteiger partial charge in [0.05, 0.1) is 10.2 Å². The highest BCUT2D eigenvalue weighted by atomic mass is 35.5. The summed E-state index contributed by atoms with van der Waals surface area (Å²) in [6, 6.07) is 10.3. The van der Waals surface area contributed by atoms with Gasteiger partial charge in [-0.2, -0.15) is 5.10 Å². The first-order valence-electron chi connectivity index (χ1n) is 8.46. The van der Waals surface area contributed by atoms with E-state index in [2.05, 4.69) is 10.4 Å². The van der Waals surface area contributed by atoms with E-state index in [-0.39, 0.29) is 11.5 Å². The van der Waals surface area contributed by atoms with E-state index in [9.17, 15) is 9.59 Å². The normalized spacial score (nSPS) is 12.6. The second kappa shape index (κ2) is 6.83. The molecule has 4 aromatic rings. The van der Waals surface area contributed by atoms with E-state index >= 15 is 0 Å². The molecule has 0 aliphatic heterocycles. The molecule has 1 atom stereocenters. The average molecular weight is 401 g/mol. The predicted molar refractivity (Wildman–Crippen MR) is 108 cm³/mol. The van der Waals surface area contributed by atoms with Gasteiger partial charge in [0.2, 0.25) is 5.91 Å². The predicted octanol–water partition coefficient (Wildman–Crippen LogP) is 3.55. The Bertz CT molecular complexity index is 1210. The summed E-state index contributed by atoms with van der Waals surface area (Å²) in [5.41, 5.74) is 2.14. The van der Waals surface area contributed by atoms with Gasteiger partial charge in [0, 0.05) is 11.6 Å². The van der Waals surface area contributed by atoms with Gasteiger partial charge in [-0.3, -0.25) is 14.0 Å². The van der Waals surface area contributed by atoms with Gasteiger partial charge in [-0.1, -0.05) is 23.7 Å². The first-order valence-corrected chi connectivity index (χ1v) is 9.71. The Labute approximate surface area is 164 Å². The Morgan fingerprint density at radius 1 is 1.26 bits per heavy atom. The SMILES string of the molecule is Cc1nn(C(C)C(=O)NCc2ccc(Cl)cc2)c(=O)c2cc3sccc3n12. The van der Waals surface area contributed by atoms with E-state index in [0.717, 1.165) is 15.8 Å². The molecule has 138 valence electrons. The maximum absolute atomic E-state index is 12.9. The lowest BCUT2D eigenvalue weighted by Gasteiger charge is -2.15. The van der Waals surface area contributed by atoms with Crippen molar-refractivity contribution in [2.24, 2.45) is 0 Å². The Morgan fingerprint density at radius 3 is 2.74 bits per heavy atom. The molecule has 0 saturated heterocycles. The number of rotatable bonds is 4. The Hall–Kier alpha value is -2.64. The summed E-state index contributed by atoms with van der Waals surface area (Å²) < 4.78 is 4.11. The Balaban J connectivity index is 1.62. The molecule has 3 heterocycles. The number of fused-ring (bicyclic) bond motifs is 3. The number of carbonyl (C=O) groups excluding carboxylic acids is 1. The fourth-order valence-electron chi connectivity index (χ4n) is 3.11. The minimum absolute atomic E-state index is 0.267. The number of aromatic nitrogens is 3. The minimum atomic E-state index is -0.721. The number of nitrogens with zero attached hydrogens (tertiary/aromatic N) is 3. The lowest BCUT2D eigenvalue weighted by Crippen LogP contribution is -2.38. The summed E-state index contributed by atoms with van der Waals surface area (Å²) in [5, 5.41) is 9.86. The highest BCUT2D eigenvalue weighted by Crippen LogP contribution is 2.24.